The molecule has 0 spiro atoms. The van der Waals surface area contributed by atoms with E-state index in [0.29, 0.717) is 11.3 Å². The summed E-state index contributed by atoms with van der Waals surface area (Å²) >= 11 is 0. The number of rotatable bonds is 25. The molecule has 2 atom stereocenters. The Morgan fingerprint density at radius 1 is 0.557 bits per heavy atom. The van der Waals surface area contributed by atoms with Gasteiger partial charge < -0.3 is 39.4 Å². The number of carboxylic acid groups (broad SMARTS) is 1. The van der Waals surface area contributed by atoms with E-state index in [1.807, 2.05) is 48.5 Å². The third kappa shape index (κ3) is 23.3. The van der Waals surface area contributed by atoms with Crippen molar-refractivity contribution < 1.29 is 67.1 Å². The molecule has 19 nitrogen and oxygen atoms in total. The van der Waals surface area contributed by atoms with Crippen molar-refractivity contribution in [3.8, 4) is 11.1 Å². The van der Waals surface area contributed by atoms with Crippen LogP contribution in [0.15, 0.2) is 72.8 Å². The number of benzene rings is 3. The number of hydrogen-bond acceptors (Lipinski definition) is 16. The van der Waals surface area contributed by atoms with E-state index in [1.54, 1.807) is 143 Å². The van der Waals surface area contributed by atoms with E-state index in [4.69, 9.17) is 23.7 Å². The van der Waals surface area contributed by atoms with Gasteiger partial charge in [-0.05, 0) is 125 Å². The third-order valence-corrected chi connectivity index (χ3v) is 11.9. The number of ketones is 1. The van der Waals surface area contributed by atoms with Gasteiger partial charge in [-0.2, -0.15) is 0 Å². The number of nitrogens with zero attached hydrogens (tertiary/aromatic N) is 3. The maximum atomic E-state index is 13.7. The number of esters is 4. The largest absolute Gasteiger partial charge is 0.480 e. The first-order valence-corrected chi connectivity index (χ1v) is 26.8. The number of amides is 2. The molecule has 0 aromatic heterocycles. The molecule has 434 valence electrons. The van der Waals surface area contributed by atoms with Crippen LogP contribution in [0.2, 0.25) is 0 Å². The Kier molecular flexibility index (Phi) is 22.5. The van der Waals surface area contributed by atoms with Crippen LogP contribution in [0, 0.1) is 5.41 Å². The van der Waals surface area contributed by atoms with E-state index < -0.39 is 87.9 Å². The van der Waals surface area contributed by atoms with Crippen molar-refractivity contribution in [3.63, 3.8) is 0 Å². The van der Waals surface area contributed by atoms with Gasteiger partial charge in [0.15, 0.2) is 11.9 Å². The van der Waals surface area contributed by atoms with E-state index in [0.717, 1.165) is 22.3 Å². The third-order valence-electron chi connectivity index (χ3n) is 11.9. The average Bonchev–Trinajstić information content (AvgIpc) is 3.59. The Morgan fingerprint density at radius 2 is 0.987 bits per heavy atom. The first-order chi connectivity index (χ1) is 36.4. The number of carboxylic acids is 1. The fourth-order valence-electron chi connectivity index (χ4n) is 8.56. The molecular formula is C60H85N5O14. The molecule has 0 aliphatic heterocycles. The lowest BCUT2D eigenvalue weighted by Gasteiger charge is -2.36. The van der Waals surface area contributed by atoms with Gasteiger partial charge >= 0.3 is 35.9 Å². The Morgan fingerprint density at radius 3 is 1.43 bits per heavy atom. The minimum atomic E-state index is -1.44. The fourth-order valence-corrected chi connectivity index (χ4v) is 8.56. The summed E-state index contributed by atoms with van der Waals surface area (Å²) in [5.41, 5.74) is 0.329. The van der Waals surface area contributed by atoms with E-state index in [-0.39, 0.29) is 77.4 Å². The molecule has 1 aliphatic carbocycles. The zero-order chi connectivity index (χ0) is 59.3. The molecule has 0 heterocycles. The molecule has 4 rings (SSSR count). The lowest BCUT2D eigenvalue weighted by molar-refractivity contribution is -0.162. The lowest BCUT2D eigenvalue weighted by atomic mass is 9.90. The molecule has 1 aliphatic rings. The fraction of sp³-hybridized carbons (Fsp3) is 0.567. The molecule has 0 radical (unpaired) electrons. The molecular weight excluding hydrogens is 1010 g/mol. The number of fused-ring (bicyclic) bond motifs is 3. The smallest absolute Gasteiger partial charge is 0.408 e. The number of aliphatic carboxylic acids is 1. The predicted molar refractivity (Wildman–Crippen MR) is 299 cm³/mol. The number of ether oxygens (including phenoxy) is 5. The number of hydrogen-bond donors (Lipinski definition) is 3. The maximum absolute atomic E-state index is 13.7. The first kappa shape index (κ1) is 64.8. The van der Waals surface area contributed by atoms with Crippen LogP contribution in [-0.2, 0) is 63.7 Å². The van der Waals surface area contributed by atoms with E-state index in [2.05, 4.69) is 10.6 Å². The first-order valence-electron chi connectivity index (χ1n) is 26.8. The maximum Gasteiger partial charge on any atom is 0.408 e. The van der Waals surface area contributed by atoms with Crippen molar-refractivity contribution in [2.24, 2.45) is 5.41 Å². The van der Waals surface area contributed by atoms with E-state index in [9.17, 15) is 43.5 Å². The number of Topliss-reactive ketones (excluding diaryl/α,β-unsaturated/α-hetero) is 1. The summed E-state index contributed by atoms with van der Waals surface area (Å²) in [4.78, 5) is 112. The van der Waals surface area contributed by atoms with Crippen LogP contribution in [-0.4, -0.2) is 154 Å². The second-order valence-corrected chi connectivity index (χ2v) is 25.0. The molecule has 3 N–H and O–H groups in total. The summed E-state index contributed by atoms with van der Waals surface area (Å²) in [5.74, 6) is -4.33. The Balaban J connectivity index is 1.61. The Bertz CT molecular complexity index is 2540. The molecule has 3 aromatic rings. The van der Waals surface area contributed by atoms with Gasteiger partial charge in [0.25, 0.3) is 0 Å². The average molecular weight is 1100 g/mol. The minimum absolute atomic E-state index is 0.0460. The van der Waals surface area contributed by atoms with Crippen molar-refractivity contribution in [1.82, 2.24) is 20.0 Å². The van der Waals surface area contributed by atoms with Crippen LogP contribution < -0.4 is 10.6 Å². The molecule has 3 aromatic carbocycles. The summed E-state index contributed by atoms with van der Waals surface area (Å²) in [6.45, 7) is 25.2. The van der Waals surface area contributed by atoms with Gasteiger partial charge in [0.2, 0.25) is 5.91 Å². The molecule has 79 heavy (non-hydrogen) atoms. The quantitative estimate of drug-likeness (QED) is 0.0536. The topological polar surface area (TPSA) is 237 Å². The van der Waals surface area contributed by atoms with Gasteiger partial charge in [0.1, 0.15) is 28.4 Å². The van der Waals surface area contributed by atoms with Crippen molar-refractivity contribution in [2.75, 3.05) is 57.7 Å². The molecule has 2 unspecified atom stereocenters. The van der Waals surface area contributed by atoms with Crippen molar-refractivity contribution in [1.29, 1.82) is 0 Å². The molecule has 0 saturated carbocycles. The number of nitrogens with one attached hydrogen (secondary N) is 2. The van der Waals surface area contributed by atoms with Gasteiger partial charge in [-0.15, -0.1) is 0 Å². The summed E-state index contributed by atoms with van der Waals surface area (Å²) in [7, 11) is 0. The monoisotopic (exact) mass is 1100 g/mol. The molecule has 0 bridgehead atoms. The zero-order valence-electron chi connectivity index (χ0n) is 49.0. The molecule has 0 fully saturated rings. The highest BCUT2D eigenvalue weighted by Crippen LogP contribution is 2.45. The molecule has 19 heteroatoms. The van der Waals surface area contributed by atoms with Crippen LogP contribution in [0.5, 0.6) is 0 Å². The normalized spacial score (nSPS) is 13.7. The minimum Gasteiger partial charge on any atom is -0.480 e. The van der Waals surface area contributed by atoms with Crippen molar-refractivity contribution >= 4 is 53.3 Å². The number of carbonyl (C=O) groups excluding carboxylic acids is 7. The van der Waals surface area contributed by atoms with Gasteiger partial charge in [-0.3, -0.25) is 43.5 Å². The van der Waals surface area contributed by atoms with E-state index >= 15 is 0 Å². The van der Waals surface area contributed by atoms with Gasteiger partial charge in [0.05, 0.1) is 32.7 Å². The number of anilines is 1. The second kappa shape index (κ2) is 27.4. The lowest BCUT2D eigenvalue weighted by Crippen LogP contribution is -2.53. The zero-order valence-corrected chi connectivity index (χ0v) is 49.0. The highest BCUT2D eigenvalue weighted by atomic mass is 16.6. The number of carbonyl (C=O) groups is 8. The Hall–Kier alpha value is -6.70. The van der Waals surface area contributed by atoms with Crippen LogP contribution in [0.3, 0.4) is 0 Å². The van der Waals surface area contributed by atoms with Crippen LogP contribution in [0.4, 0.5) is 10.5 Å². The Labute approximate surface area is 466 Å². The van der Waals surface area contributed by atoms with Crippen molar-refractivity contribution in [3.05, 3.63) is 89.5 Å². The molecule has 2 amide bonds. The van der Waals surface area contributed by atoms with Crippen molar-refractivity contribution in [2.45, 2.75) is 164 Å². The van der Waals surface area contributed by atoms with Gasteiger partial charge in [-0.1, -0.05) is 81.4 Å². The van der Waals surface area contributed by atoms with Gasteiger partial charge in [-0.25, -0.2) is 9.59 Å². The van der Waals surface area contributed by atoms with E-state index in [1.165, 1.54) is 0 Å². The standard InChI is InChI=1S/C60H85N5O14/c1-56(2,3)47(66)34-64(36-50(69)77-58(7,8)9)31-30-63(35-49(68)76-57(4,5)6)33-41(65(37-51(70)78-59(10,11)12)38-52(71)79-60(13,14)15)32-39-24-26-40(27-25-39)61-48(67)29-28-46(54(72)73)62-55(74)75-53-44-22-18-16-20-42(44)43-21-17-19-23-45(43)53/h16-27,41,46,53H,28-38H2,1-15H3,(H,61,67)(H,62,74)(H,72,73). The molecule has 0 saturated heterocycles. The SMILES string of the molecule is CC(C)(C)OC(=O)CN(CCN(CC(=O)OC(C)(C)C)CC(Cc1ccc(NC(=O)CCC(NC(=O)OC2c3ccccc3-c3ccccc32)C(=O)O)cc1)N(CC(=O)OC(C)(C)C)CC(=O)OC(C)(C)C)CC(=O)C(C)(C)C. The van der Waals surface area contributed by atoms with Crippen LogP contribution in [0.25, 0.3) is 11.1 Å². The van der Waals surface area contributed by atoms with Crippen LogP contribution in [0.1, 0.15) is 139 Å². The summed E-state index contributed by atoms with van der Waals surface area (Å²) in [6.07, 6.45) is -2.04. The summed E-state index contributed by atoms with van der Waals surface area (Å²) in [5, 5.41) is 15.2. The summed E-state index contributed by atoms with van der Waals surface area (Å²) < 4.78 is 28.7. The summed E-state index contributed by atoms with van der Waals surface area (Å²) in [6, 6.07) is 19.6. The highest BCUT2D eigenvalue weighted by Gasteiger charge is 2.35. The van der Waals surface area contributed by atoms with Crippen LogP contribution >= 0.6 is 0 Å². The van der Waals surface area contributed by atoms with Gasteiger partial charge in [0, 0.05) is 54.3 Å². The second-order valence-electron chi connectivity index (χ2n) is 25.0. The number of alkyl carbamates (subject to hydrolysis) is 1. The predicted octanol–water partition coefficient (Wildman–Crippen LogP) is 8.15. The highest BCUT2D eigenvalue weighted by molar-refractivity contribution is 5.91.